The molecule has 0 atom stereocenters. The van der Waals surface area contributed by atoms with Crippen LogP contribution in [0, 0.1) is 27.7 Å². The summed E-state index contributed by atoms with van der Waals surface area (Å²) in [6.07, 6.45) is 0. The summed E-state index contributed by atoms with van der Waals surface area (Å²) in [6, 6.07) is 4.32. The minimum absolute atomic E-state index is 0. The van der Waals surface area contributed by atoms with Crippen LogP contribution in [-0.4, -0.2) is 7.54 Å². The third-order valence-corrected chi connectivity index (χ3v) is 1.84. The average Bonchev–Trinajstić information content (AvgIpc) is 1.98. The van der Waals surface area contributed by atoms with Gasteiger partial charge < -0.3 is 0 Å². The van der Waals surface area contributed by atoms with Gasteiger partial charge in [-0.1, -0.05) is 19.4 Å². The number of rotatable bonds is 0. The van der Waals surface area contributed by atoms with Gasteiger partial charge in [-0.15, -0.1) is 12.1 Å². The molecule has 1 aromatic rings. The summed E-state index contributed by atoms with van der Waals surface area (Å²) in [4.78, 5) is 0. The van der Waals surface area contributed by atoms with Gasteiger partial charge in [0.15, 0.2) is 0 Å². The zero-order valence-electron chi connectivity index (χ0n) is 9.57. The van der Waals surface area contributed by atoms with Crippen molar-refractivity contribution in [1.29, 1.82) is 0 Å². The van der Waals surface area contributed by atoms with Crippen LogP contribution < -0.4 is 51.4 Å². The molecule has 0 unspecified atom stereocenters. The number of benzene rings is 1. The van der Waals surface area contributed by atoms with Crippen LogP contribution in [0.1, 0.15) is 22.3 Å². The molecule has 5 heteroatoms. The van der Waals surface area contributed by atoms with Crippen molar-refractivity contribution in [2.75, 3.05) is 0 Å². The quantitative estimate of drug-likeness (QED) is 0.462. The van der Waals surface area contributed by atoms with Gasteiger partial charge in [-0.25, -0.2) is 0 Å². The Balaban J connectivity index is 0. The van der Waals surface area contributed by atoms with Crippen molar-refractivity contribution < 1.29 is 64.3 Å². The van der Waals surface area contributed by atoms with Crippen LogP contribution >= 0.6 is 0 Å². The third kappa shape index (κ3) is 8.39. The standard InChI is InChI=1S/C10H13.BF3.K/c1-7-5-8(2)10(4)9(3)6-7;2-1(3)4;/h5-6H,4H2,1-3H3;;/q-1;;+1. The van der Waals surface area contributed by atoms with E-state index in [1.165, 1.54) is 22.3 Å². The molecular weight excluding hydrogens is 227 g/mol. The second kappa shape index (κ2) is 8.70. The second-order valence-corrected chi connectivity index (χ2v) is 3.12. The Labute approximate surface area is 132 Å². The summed E-state index contributed by atoms with van der Waals surface area (Å²) >= 11 is 0. The van der Waals surface area contributed by atoms with Crippen LogP contribution in [0.15, 0.2) is 12.1 Å². The first kappa shape index (κ1) is 18.0. The van der Waals surface area contributed by atoms with Crippen LogP contribution in [0.5, 0.6) is 0 Å². The first-order valence-corrected chi connectivity index (χ1v) is 4.16. The Kier molecular flexibility index (Phi) is 10.4. The largest absolute Gasteiger partial charge is 1.00 e. The summed E-state index contributed by atoms with van der Waals surface area (Å²) in [6.45, 7) is 10.3. The van der Waals surface area contributed by atoms with Crippen LogP contribution in [0.3, 0.4) is 0 Å². The van der Waals surface area contributed by atoms with Crippen molar-refractivity contribution >= 4 is 7.54 Å². The van der Waals surface area contributed by atoms with E-state index in [0.717, 1.165) is 0 Å². The van der Waals surface area contributed by atoms with E-state index >= 15 is 0 Å². The SMILES string of the molecule is FB(F)F.[CH2-]c1c(C)cc(C)cc1C.[K+]. The molecule has 0 N–H and O–H groups in total. The summed E-state index contributed by atoms with van der Waals surface area (Å²) in [5, 5.41) is 0. The van der Waals surface area contributed by atoms with Crippen LogP contribution in [0.25, 0.3) is 0 Å². The normalized spacial score (nSPS) is 8.40. The van der Waals surface area contributed by atoms with Crippen LogP contribution in [0.2, 0.25) is 0 Å². The van der Waals surface area contributed by atoms with E-state index < -0.39 is 7.54 Å². The van der Waals surface area contributed by atoms with E-state index in [9.17, 15) is 12.9 Å². The van der Waals surface area contributed by atoms with E-state index in [0.29, 0.717) is 0 Å². The summed E-state index contributed by atoms with van der Waals surface area (Å²) < 4.78 is 29.0. The molecule has 0 aliphatic carbocycles. The third-order valence-electron chi connectivity index (χ3n) is 1.84. The summed E-state index contributed by atoms with van der Waals surface area (Å²) in [7, 11) is -3.67. The molecule has 0 saturated carbocycles. The van der Waals surface area contributed by atoms with E-state index in [4.69, 9.17) is 0 Å². The molecule has 15 heavy (non-hydrogen) atoms. The first-order chi connectivity index (χ1) is 6.34. The van der Waals surface area contributed by atoms with Crippen molar-refractivity contribution in [3.63, 3.8) is 0 Å². The molecule has 0 amide bonds. The summed E-state index contributed by atoms with van der Waals surface area (Å²) in [5.74, 6) is 0. The molecule has 1 rings (SSSR count). The summed E-state index contributed by atoms with van der Waals surface area (Å²) in [5.41, 5.74) is 5.07. The minimum atomic E-state index is -3.67. The van der Waals surface area contributed by atoms with E-state index in [2.05, 4.69) is 39.8 Å². The van der Waals surface area contributed by atoms with E-state index in [-0.39, 0.29) is 51.4 Å². The van der Waals surface area contributed by atoms with Crippen LogP contribution in [0.4, 0.5) is 12.9 Å². The fourth-order valence-corrected chi connectivity index (χ4v) is 1.21. The molecule has 1 aromatic carbocycles. The maximum Gasteiger partial charge on any atom is 1.00 e. The van der Waals surface area contributed by atoms with Crippen LogP contribution in [-0.2, 0) is 0 Å². The molecule has 0 bridgehead atoms. The molecule has 0 aliphatic rings. The molecule has 0 nitrogen and oxygen atoms in total. The van der Waals surface area contributed by atoms with Gasteiger partial charge in [-0.05, 0) is 6.92 Å². The van der Waals surface area contributed by atoms with Crippen molar-refractivity contribution in [2.45, 2.75) is 20.8 Å². The molecule has 0 radical (unpaired) electrons. The molecule has 0 aliphatic heterocycles. The second-order valence-electron chi connectivity index (χ2n) is 3.12. The van der Waals surface area contributed by atoms with E-state index in [1.54, 1.807) is 0 Å². The maximum atomic E-state index is 9.67. The number of hydrogen-bond donors (Lipinski definition) is 0. The predicted octanol–water partition coefficient (Wildman–Crippen LogP) is 0.678. The number of halogens is 3. The minimum Gasteiger partial charge on any atom is -0.254 e. The smallest absolute Gasteiger partial charge is 0.254 e. The Hall–Kier alpha value is 0.581. The topological polar surface area (TPSA) is 0 Å². The predicted molar refractivity (Wildman–Crippen MR) is 54.2 cm³/mol. The molecule has 0 heterocycles. The average molecular weight is 240 g/mol. The fourth-order valence-electron chi connectivity index (χ4n) is 1.21. The molecule has 0 saturated heterocycles. The number of aryl methyl sites for hydroxylation is 3. The maximum absolute atomic E-state index is 9.67. The Morgan fingerprint density at radius 3 is 1.53 bits per heavy atom. The van der Waals surface area contributed by atoms with Gasteiger partial charge in [0.05, 0.1) is 0 Å². The first-order valence-electron chi connectivity index (χ1n) is 4.16. The van der Waals surface area contributed by atoms with Crippen molar-refractivity contribution in [2.24, 2.45) is 0 Å². The van der Waals surface area contributed by atoms with Gasteiger partial charge in [0.25, 0.3) is 0 Å². The van der Waals surface area contributed by atoms with Crippen molar-refractivity contribution in [3.05, 3.63) is 41.3 Å². The molecule has 0 spiro atoms. The monoisotopic (exact) mass is 240 g/mol. The van der Waals surface area contributed by atoms with Gasteiger partial charge in [0, 0.05) is 0 Å². The van der Waals surface area contributed by atoms with E-state index in [1.807, 2.05) is 0 Å². The Morgan fingerprint density at radius 1 is 1.00 bits per heavy atom. The Bertz CT molecular complexity index is 277. The van der Waals surface area contributed by atoms with Gasteiger partial charge >= 0.3 is 58.9 Å². The Morgan fingerprint density at radius 2 is 1.27 bits per heavy atom. The molecule has 78 valence electrons. The van der Waals surface area contributed by atoms with Gasteiger partial charge in [0.1, 0.15) is 0 Å². The number of hydrogen-bond acceptors (Lipinski definition) is 0. The van der Waals surface area contributed by atoms with Crippen molar-refractivity contribution in [1.82, 2.24) is 0 Å². The molecule has 0 aromatic heterocycles. The van der Waals surface area contributed by atoms with Gasteiger partial charge in [0.2, 0.25) is 0 Å². The zero-order chi connectivity index (χ0) is 11.3. The van der Waals surface area contributed by atoms with Gasteiger partial charge in [-0.3, -0.25) is 12.9 Å². The molecule has 0 fully saturated rings. The molecular formula is C10H13BF3K. The zero-order valence-corrected chi connectivity index (χ0v) is 12.7. The van der Waals surface area contributed by atoms with Crippen molar-refractivity contribution in [3.8, 4) is 0 Å². The van der Waals surface area contributed by atoms with Gasteiger partial charge in [-0.2, -0.15) is 23.6 Å². The fraction of sp³-hybridized carbons (Fsp3) is 0.300.